The van der Waals surface area contributed by atoms with Crippen molar-refractivity contribution >= 4 is 28.9 Å². The summed E-state index contributed by atoms with van der Waals surface area (Å²) in [5, 5.41) is 12.5. The van der Waals surface area contributed by atoms with Gasteiger partial charge in [-0.2, -0.15) is 0 Å². The van der Waals surface area contributed by atoms with Crippen LogP contribution in [-0.2, 0) is 0 Å². The fourth-order valence-corrected chi connectivity index (χ4v) is 3.53. The highest BCUT2D eigenvalue weighted by atomic mass is 32.1. The maximum Gasteiger partial charge on any atom is 0.335 e. The average Bonchev–Trinajstić information content (AvgIpc) is 3.26. The van der Waals surface area contributed by atoms with Crippen LogP contribution in [0.1, 0.15) is 20.0 Å². The van der Waals surface area contributed by atoms with E-state index in [4.69, 9.17) is 9.84 Å². The number of carbonyl (C=O) groups is 2. The highest BCUT2D eigenvalue weighted by Gasteiger charge is 2.13. The first-order valence-electron chi connectivity index (χ1n) is 9.02. The van der Waals surface area contributed by atoms with Crippen molar-refractivity contribution in [3.8, 4) is 22.1 Å². The topological polar surface area (TPSA) is 88.5 Å². The number of thiazole rings is 1. The molecule has 0 saturated carbocycles. The summed E-state index contributed by atoms with van der Waals surface area (Å²) < 4.78 is 5.74. The molecule has 0 atom stereocenters. The lowest BCUT2D eigenvalue weighted by Crippen LogP contribution is -2.09. The quantitative estimate of drug-likeness (QED) is 0.430. The lowest BCUT2D eigenvalue weighted by Gasteiger charge is -2.07. The molecule has 7 heteroatoms. The summed E-state index contributed by atoms with van der Waals surface area (Å²) >= 11 is 1.20. The zero-order valence-corrected chi connectivity index (χ0v) is 16.4. The van der Waals surface area contributed by atoms with Crippen molar-refractivity contribution in [1.29, 1.82) is 0 Å². The minimum Gasteiger partial charge on any atom is -0.478 e. The summed E-state index contributed by atoms with van der Waals surface area (Å²) in [7, 11) is 0. The summed E-state index contributed by atoms with van der Waals surface area (Å²) in [6, 6.07) is 23.0. The number of carboxylic acid groups (broad SMARTS) is 1. The van der Waals surface area contributed by atoms with Gasteiger partial charge in [-0.25, -0.2) is 9.78 Å². The first kappa shape index (κ1) is 19.4. The number of hydrogen-bond donors (Lipinski definition) is 2. The van der Waals surface area contributed by atoms with E-state index in [1.807, 2.05) is 30.3 Å². The van der Waals surface area contributed by atoms with E-state index in [9.17, 15) is 9.59 Å². The van der Waals surface area contributed by atoms with Crippen LogP contribution in [-0.4, -0.2) is 22.0 Å². The molecule has 0 aliphatic heterocycles. The van der Waals surface area contributed by atoms with Crippen molar-refractivity contribution in [1.82, 2.24) is 4.98 Å². The van der Waals surface area contributed by atoms with Crippen molar-refractivity contribution in [2.24, 2.45) is 0 Å². The van der Waals surface area contributed by atoms with Crippen LogP contribution in [0.25, 0.3) is 10.6 Å². The van der Waals surface area contributed by atoms with Crippen molar-refractivity contribution in [3.05, 3.63) is 95.5 Å². The Morgan fingerprint density at radius 2 is 1.63 bits per heavy atom. The van der Waals surface area contributed by atoms with E-state index in [1.54, 1.807) is 36.4 Å². The number of carboxylic acids is 1. The molecule has 30 heavy (non-hydrogen) atoms. The summed E-state index contributed by atoms with van der Waals surface area (Å²) in [5.41, 5.74) is 1.45. The van der Waals surface area contributed by atoms with E-state index in [1.165, 1.54) is 29.7 Å². The summed E-state index contributed by atoms with van der Waals surface area (Å²) in [6.07, 6.45) is 1.48. The number of carbonyl (C=O) groups excluding carboxylic acids is 1. The lowest BCUT2D eigenvalue weighted by atomic mass is 10.1. The fourth-order valence-electron chi connectivity index (χ4n) is 2.72. The van der Waals surface area contributed by atoms with Crippen LogP contribution in [0.2, 0.25) is 0 Å². The number of nitrogens with one attached hydrogen (secondary N) is 1. The van der Waals surface area contributed by atoms with E-state index in [0.717, 1.165) is 5.75 Å². The Balaban J connectivity index is 1.43. The second kappa shape index (κ2) is 8.59. The molecule has 0 bridgehead atoms. The van der Waals surface area contributed by atoms with Crippen molar-refractivity contribution in [2.45, 2.75) is 0 Å². The molecule has 4 aromatic rings. The highest BCUT2D eigenvalue weighted by Crippen LogP contribution is 2.27. The highest BCUT2D eigenvalue weighted by molar-refractivity contribution is 7.17. The van der Waals surface area contributed by atoms with Gasteiger partial charge in [0.2, 0.25) is 0 Å². The number of benzene rings is 3. The maximum absolute atomic E-state index is 12.5. The van der Waals surface area contributed by atoms with Crippen LogP contribution in [0.4, 0.5) is 5.69 Å². The second-order valence-electron chi connectivity index (χ2n) is 6.31. The standard InChI is InChI=1S/C23H16N2O4S/c26-21(20-14-24-22(30-20)15-5-4-6-16(13-15)23(27)28)25-17-9-11-19(12-10-17)29-18-7-2-1-3-8-18/h1-14H,(H,25,26)(H,27,28). The lowest BCUT2D eigenvalue weighted by molar-refractivity contribution is 0.0696. The Morgan fingerprint density at radius 3 is 2.37 bits per heavy atom. The molecule has 0 unspecified atom stereocenters. The third-order valence-corrected chi connectivity index (χ3v) is 5.22. The molecular weight excluding hydrogens is 400 g/mol. The zero-order valence-electron chi connectivity index (χ0n) is 15.6. The van der Waals surface area contributed by atoms with Gasteiger partial charge in [0, 0.05) is 11.3 Å². The molecule has 0 radical (unpaired) electrons. The van der Waals surface area contributed by atoms with Crippen molar-refractivity contribution in [3.63, 3.8) is 0 Å². The molecule has 1 heterocycles. The van der Waals surface area contributed by atoms with Gasteiger partial charge in [0.25, 0.3) is 5.91 Å². The van der Waals surface area contributed by atoms with E-state index >= 15 is 0 Å². The molecule has 0 fully saturated rings. The molecule has 148 valence electrons. The zero-order chi connectivity index (χ0) is 20.9. The van der Waals surface area contributed by atoms with E-state index < -0.39 is 5.97 Å². The number of rotatable bonds is 6. The van der Waals surface area contributed by atoms with Gasteiger partial charge >= 0.3 is 5.97 Å². The molecule has 0 aliphatic carbocycles. The SMILES string of the molecule is O=C(O)c1cccc(-c2ncc(C(=O)Nc3ccc(Oc4ccccc4)cc3)s2)c1. The van der Waals surface area contributed by atoms with Crippen LogP contribution in [0.15, 0.2) is 85.1 Å². The Kier molecular flexibility index (Phi) is 5.54. The molecule has 1 amide bonds. The van der Waals surface area contributed by atoms with E-state index in [0.29, 0.717) is 26.9 Å². The molecule has 3 aromatic carbocycles. The first-order chi connectivity index (χ1) is 14.6. The minimum absolute atomic E-state index is 0.173. The van der Waals surface area contributed by atoms with Gasteiger partial charge in [0.05, 0.1) is 11.8 Å². The monoisotopic (exact) mass is 416 g/mol. The third kappa shape index (κ3) is 4.53. The number of nitrogens with zero attached hydrogens (tertiary/aromatic N) is 1. The van der Waals surface area contributed by atoms with Crippen LogP contribution in [0.5, 0.6) is 11.5 Å². The van der Waals surface area contributed by atoms with Gasteiger partial charge in [0.1, 0.15) is 21.4 Å². The van der Waals surface area contributed by atoms with Crippen molar-refractivity contribution < 1.29 is 19.4 Å². The number of amides is 1. The van der Waals surface area contributed by atoms with Crippen LogP contribution < -0.4 is 10.1 Å². The van der Waals surface area contributed by atoms with Gasteiger partial charge in [-0.05, 0) is 48.5 Å². The second-order valence-corrected chi connectivity index (χ2v) is 7.34. The van der Waals surface area contributed by atoms with Gasteiger partial charge in [-0.3, -0.25) is 4.79 Å². The molecular formula is C23H16N2O4S. The average molecular weight is 416 g/mol. The molecule has 0 saturated heterocycles. The number of aromatic carboxylic acids is 1. The molecule has 6 nitrogen and oxygen atoms in total. The number of hydrogen-bond acceptors (Lipinski definition) is 5. The smallest absolute Gasteiger partial charge is 0.335 e. The van der Waals surface area contributed by atoms with Gasteiger partial charge in [-0.1, -0.05) is 30.3 Å². The normalized spacial score (nSPS) is 10.4. The molecule has 2 N–H and O–H groups in total. The Labute approximate surface area is 176 Å². The first-order valence-corrected chi connectivity index (χ1v) is 9.84. The van der Waals surface area contributed by atoms with Crippen LogP contribution in [0.3, 0.4) is 0 Å². The summed E-state index contributed by atoms with van der Waals surface area (Å²) in [4.78, 5) is 28.4. The molecule has 0 aliphatic rings. The number of ether oxygens (including phenoxy) is 1. The van der Waals surface area contributed by atoms with Gasteiger partial charge < -0.3 is 15.2 Å². The largest absolute Gasteiger partial charge is 0.478 e. The van der Waals surface area contributed by atoms with Gasteiger partial charge in [0.15, 0.2) is 0 Å². The molecule has 0 spiro atoms. The Morgan fingerprint density at radius 1 is 0.900 bits per heavy atom. The Bertz CT molecular complexity index is 1190. The van der Waals surface area contributed by atoms with E-state index in [-0.39, 0.29) is 11.5 Å². The number of aromatic nitrogens is 1. The predicted molar refractivity (Wildman–Crippen MR) is 115 cm³/mol. The predicted octanol–water partition coefficient (Wildman–Crippen LogP) is 5.55. The van der Waals surface area contributed by atoms with Crippen LogP contribution in [0, 0.1) is 0 Å². The van der Waals surface area contributed by atoms with Crippen molar-refractivity contribution in [2.75, 3.05) is 5.32 Å². The Hall–Kier alpha value is -3.97. The third-order valence-electron chi connectivity index (χ3n) is 4.18. The molecule has 1 aromatic heterocycles. The minimum atomic E-state index is -1.01. The van der Waals surface area contributed by atoms with Gasteiger partial charge in [-0.15, -0.1) is 11.3 Å². The summed E-state index contributed by atoms with van der Waals surface area (Å²) in [5.74, 6) is 0.104. The summed E-state index contributed by atoms with van der Waals surface area (Å²) in [6.45, 7) is 0. The maximum atomic E-state index is 12.5. The van der Waals surface area contributed by atoms with E-state index in [2.05, 4.69) is 10.3 Å². The number of para-hydroxylation sites is 1. The molecule has 4 rings (SSSR count). The number of anilines is 1. The van der Waals surface area contributed by atoms with Crippen LogP contribution >= 0.6 is 11.3 Å². The fraction of sp³-hybridized carbons (Fsp3) is 0.